The Morgan fingerprint density at radius 2 is 1.96 bits per heavy atom. The van der Waals surface area contributed by atoms with Gasteiger partial charge in [0.25, 0.3) is 5.56 Å². The van der Waals surface area contributed by atoms with Crippen molar-refractivity contribution in [3.05, 3.63) is 76.7 Å². The van der Waals surface area contributed by atoms with Gasteiger partial charge in [0, 0.05) is 18.1 Å². The number of nitrogens with one attached hydrogen (secondary N) is 1. The first kappa shape index (κ1) is 16.6. The van der Waals surface area contributed by atoms with Crippen molar-refractivity contribution in [2.75, 3.05) is 0 Å². The van der Waals surface area contributed by atoms with Crippen LogP contribution in [0, 0.1) is 5.82 Å². The number of rotatable bonds is 6. The zero-order valence-electron chi connectivity index (χ0n) is 13.3. The molecule has 0 atom stereocenters. The minimum absolute atomic E-state index is 0.112. The molecule has 0 aliphatic carbocycles. The van der Waals surface area contributed by atoms with Gasteiger partial charge >= 0.3 is 0 Å². The molecule has 0 saturated carbocycles. The van der Waals surface area contributed by atoms with E-state index in [0.717, 1.165) is 0 Å². The molecule has 0 aliphatic heterocycles. The molecule has 1 aromatic carbocycles. The summed E-state index contributed by atoms with van der Waals surface area (Å²) in [5.74, 6) is 0.101. The van der Waals surface area contributed by atoms with Gasteiger partial charge < -0.3 is 9.73 Å². The van der Waals surface area contributed by atoms with Crippen molar-refractivity contribution in [2.45, 2.75) is 19.5 Å². The van der Waals surface area contributed by atoms with Gasteiger partial charge in [0.15, 0.2) is 0 Å². The topological polar surface area (TPSA) is 77.1 Å². The molecule has 0 saturated heterocycles. The SMILES string of the molecule is O=C(CCn1nc(-c2ccc(F)cc2)ccc1=O)NCc1ccco1. The van der Waals surface area contributed by atoms with E-state index in [1.807, 2.05) is 0 Å². The number of carbonyl (C=O) groups excluding carboxylic acids is 1. The van der Waals surface area contributed by atoms with E-state index >= 15 is 0 Å². The van der Waals surface area contributed by atoms with Crippen molar-refractivity contribution < 1.29 is 13.6 Å². The number of nitrogens with zero attached hydrogens (tertiary/aromatic N) is 2. The molecule has 3 rings (SSSR count). The maximum Gasteiger partial charge on any atom is 0.266 e. The number of carbonyl (C=O) groups is 1. The predicted molar refractivity (Wildman–Crippen MR) is 89.1 cm³/mol. The quantitative estimate of drug-likeness (QED) is 0.747. The number of aromatic nitrogens is 2. The van der Waals surface area contributed by atoms with Crippen molar-refractivity contribution in [1.29, 1.82) is 0 Å². The molecule has 1 amide bonds. The van der Waals surface area contributed by atoms with Gasteiger partial charge in [-0.3, -0.25) is 9.59 Å². The van der Waals surface area contributed by atoms with Crippen LogP contribution in [0.1, 0.15) is 12.2 Å². The van der Waals surface area contributed by atoms with E-state index < -0.39 is 0 Å². The maximum atomic E-state index is 13.0. The van der Waals surface area contributed by atoms with Crippen LogP contribution >= 0.6 is 0 Å². The summed E-state index contributed by atoms with van der Waals surface area (Å²) in [5.41, 5.74) is 0.928. The number of benzene rings is 1. The molecule has 2 heterocycles. The van der Waals surface area contributed by atoms with Crippen LogP contribution in [0.15, 0.2) is 64.0 Å². The summed E-state index contributed by atoms with van der Waals surface area (Å²) in [4.78, 5) is 23.8. The third-order valence-corrected chi connectivity index (χ3v) is 3.60. The standard InChI is InChI=1S/C18H16FN3O3/c19-14-5-3-13(4-6-14)16-7-8-18(24)22(21-16)10-9-17(23)20-12-15-2-1-11-25-15/h1-8,11H,9-10,12H2,(H,20,23). The summed E-state index contributed by atoms with van der Waals surface area (Å²) in [6, 6.07) is 12.3. The van der Waals surface area contributed by atoms with Crippen molar-refractivity contribution in [3.8, 4) is 11.3 Å². The molecule has 0 bridgehead atoms. The fourth-order valence-corrected chi connectivity index (χ4v) is 2.28. The summed E-state index contributed by atoms with van der Waals surface area (Å²) in [5, 5.41) is 6.95. The summed E-state index contributed by atoms with van der Waals surface area (Å²) in [6.45, 7) is 0.446. The van der Waals surface area contributed by atoms with Gasteiger partial charge in [-0.25, -0.2) is 9.07 Å². The van der Waals surface area contributed by atoms with Gasteiger partial charge in [0.05, 0.1) is 25.0 Å². The normalized spacial score (nSPS) is 10.6. The molecular formula is C18H16FN3O3. The van der Waals surface area contributed by atoms with E-state index in [1.165, 1.54) is 29.1 Å². The molecule has 1 N–H and O–H groups in total. The Kier molecular flexibility index (Phi) is 5.03. The summed E-state index contributed by atoms with van der Waals surface area (Å²) >= 11 is 0. The summed E-state index contributed by atoms with van der Waals surface area (Å²) in [6.07, 6.45) is 1.65. The number of halogens is 1. The van der Waals surface area contributed by atoms with Crippen LogP contribution in [0.3, 0.4) is 0 Å². The Balaban J connectivity index is 1.63. The van der Waals surface area contributed by atoms with Gasteiger partial charge in [0.2, 0.25) is 5.91 Å². The Bertz CT molecular complexity index is 902. The van der Waals surface area contributed by atoms with Crippen LogP contribution < -0.4 is 10.9 Å². The largest absolute Gasteiger partial charge is 0.467 e. The highest BCUT2D eigenvalue weighted by Crippen LogP contribution is 2.15. The first-order valence-electron chi connectivity index (χ1n) is 7.75. The van der Waals surface area contributed by atoms with Gasteiger partial charge in [-0.2, -0.15) is 5.10 Å². The molecule has 0 radical (unpaired) electrons. The molecule has 25 heavy (non-hydrogen) atoms. The monoisotopic (exact) mass is 341 g/mol. The van der Waals surface area contributed by atoms with Crippen LogP contribution in [-0.4, -0.2) is 15.7 Å². The highest BCUT2D eigenvalue weighted by atomic mass is 19.1. The van der Waals surface area contributed by atoms with Crippen LogP contribution in [0.4, 0.5) is 4.39 Å². The molecular weight excluding hydrogens is 325 g/mol. The summed E-state index contributed by atoms with van der Waals surface area (Å²) < 4.78 is 19.4. The second kappa shape index (κ2) is 7.57. The third-order valence-electron chi connectivity index (χ3n) is 3.60. The minimum Gasteiger partial charge on any atom is -0.467 e. The molecule has 7 heteroatoms. The average Bonchev–Trinajstić information content (AvgIpc) is 3.13. The van der Waals surface area contributed by atoms with Crippen molar-refractivity contribution in [1.82, 2.24) is 15.1 Å². The average molecular weight is 341 g/mol. The van der Waals surface area contributed by atoms with Crippen molar-refractivity contribution in [2.24, 2.45) is 0 Å². The van der Waals surface area contributed by atoms with E-state index in [4.69, 9.17) is 4.42 Å². The molecule has 0 fully saturated rings. The first-order valence-corrected chi connectivity index (χ1v) is 7.75. The molecule has 0 spiro atoms. The zero-order valence-corrected chi connectivity index (χ0v) is 13.3. The van der Waals surface area contributed by atoms with Gasteiger partial charge in [-0.1, -0.05) is 0 Å². The lowest BCUT2D eigenvalue weighted by atomic mass is 10.1. The number of hydrogen-bond donors (Lipinski definition) is 1. The van der Waals surface area contributed by atoms with E-state index in [2.05, 4.69) is 10.4 Å². The number of hydrogen-bond acceptors (Lipinski definition) is 4. The van der Waals surface area contributed by atoms with E-state index in [-0.39, 0.29) is 30.2 Å². The van der Waals surface area contributed by atoms with Crippen LogP contribution in [0.25, 0.3) is 11.3 Å². The fraction of sp³-hybridized carbons (Fsp3) is 0.167. The van der Waals surface area contributed by atoms with Crippen molar-refractivity contribution in [3.63, 3.8) is 0 Å². The second-order valence-electron chi connectivity index (χ2n) is 5.39. The van der Waals surface area contributed by atoms with E-state index in [0.29, 0.717) is 23.6 Å². The molecule has 3 aromatic rings. The zero-order chi connectivity index (χ0) is 17.6. The Hall–Kier alpha value is -3.22. The van der Waals surface area contributed by atoms with Crippen LogP contribution in [0.5, 0.6) is 0 Å². The lowest BCUT2D eigenvalue weighted by Crippen LogP contribution is -2.28. The van der Waals surface area contributed by atoms with Crippen molar-refractivity contribution >= 4 is 5.91 Å². The molecule has 0 aliphatic rings. The smallest absolute Gasteiger partial charge is 0.266 e. The molecule has 0 unspecified atom stereocenters. The maximum absolute atomic E-state index is 13.0. The predicted octanol–water partition coefficient (Wildman–Crippen LogP) is 2.35. The Morgan fingerprint density at radius 1 is 1.16 bits per heavy atom. The van der Waals surface area contributed by atoms with E-state index in [9.17, 15) is 14.0 Å². The van der Waals surface area contributed by atoms with Crippen LogP contribution in [0.2, 0.25) is 0 Å². The molecule has 6 nitrogen and oxygen atoms in total. The lowest BCUT2D eigenvalue weighted by molar-refractivity contribution is -0.121. The van der Waals surface area contributed by atoms with Gasteiger partial charge in [0.1, 0.15) is 11.6 Å². The first-order chi connectivity index (χ1) is 12.1. The Morgan fingerprint density at radius 3 is 2.68 bits per heavy atom. The van der Waals surface area contributed by atoms with Crippen LogP contribution in [-0.2, 0) is 17.9 Å². The molecule has 2 aromatic heterocycles. The lowest BCUT2D eigenvalue weighted by Gasteiger charge is -2.07. The van der Waals surface area contributed by atoms with Gasteiger partial charge in [-0.05, 0) is 42.5 Å². The number of aryl methyl sites for hydroxylation is 1. The fourth-order valence-electron chi connectivity index (χ4n) is 2.28. The van der Waals surface area contributed by atoms with Gasteiger partial charge in [-0.15, -0.1) is 0 Å². The minimum atomic E-state index is -0.342. The highest BCUT2D eigenvalue weighted by molar-refractivity contribution is 5.75. The number of furan rings is 1. The Labute approximate surface area is 142 Å². The third kappa shape index (κ3) is 4.41. The highest BCUT2D eigenvalue weighted by Gasteiger charge is 2.07. The number of amides is 1. The molecule has 128 valence electrons. The summed E-state index contributed by atoms with van der Waals surface area (Å²) in [7, 11) is 0. The van der Waals surface area contributed by atoms with E-state index in [1.54, 1.807) is 30.3 Å². The second-order valence-corrected chi connectivity index (χ2v) is 5.39.